The zero-order chi connectivity index (χ0) is 25.4. The minimum atomic E-state index is -1.30. The predicted molar refractivity (Wildman–Crippen MR) is 128 cm³/mol. The second kappa shape index (κ2) is 9.02. The van der Waals surface area contributed by atoms with Crippen LogP contribution in [-0.2, 0) is 19.0 Å². The quantitative estimate of drug-likeness (QED) is 0.339. The maximum absolute atomic E-state index is 12.1. The van der Waals surface area contributed by atoms with E-state index in [4.69, 9.17) is 14.2 Å². The number of ether oxygens (including phenoxy) is 3. The van der Waals surface area contributed by atoms with Gasteiger partial charge in [-0.1, -0.05) is 6.92 Å². The van der Waals surface area contributed by atoms with Crippen LogP contribution in [0, 0.1) is 35.0 Å². The molecule has 6 rings (SSSR count). The van der Waals surface area contributed by atoms with E-state index in [0.717, 1.165) is 44.9 Å². The summed E-state index contributed by atoms with van der Waals surface area (Å²) in [5.74, 6) is 1.72. The first-order chi connectivity index (χ1) is 17.1. The van der Waals surface area contributed by atoms with Crippen LogP contribution in [-0.4, -0.2) is 75.4 Å². The van der Waals surface area contributed by atoms with Gasteiger partial charge in [0.1, 0.15) is 24.9 Å². The number of carbonyl (C=O) groups excluding carboxylic acids is 1. The summed E-state index contributed by atoms with van der Waals surface area (Å²) in [6.07, 6.45) is 4.73. The Morgan fingerprint density at radius 3 is 2.53 bits per heavy atom. The van der Waals surface area contributed by atoms with E-state index in [1.165, 1.54) is 5.57 Å². The molecule has 5 fully saturated rings. The van der Waals surface area contributed by atoms with Gasteiger partial charge in [-0.25, -0.2) is 4.79 Å². The van der Waals surface area contributed by atoms with Gasteiger partial charge < -0.3 is 34.6 Å². The van der Waals surface area contributed by atoms with E-state index in [9.17, 15) is 25.2 Å². The molecule has 6 aliphatic rings. The second-order valence-electron chi connectivity index (χ2n) is 12.9. The standard InChI is InChI=1S/C28H42O8/c1-14-23(30)24(31)25(32)26(35-14)36-17-7-10-28(33)16(12-17)3-4-18-20-6-5-19(15-11-22(29)34-13-15)27(20,2)9-8-21(18)28/h11,14,16-21,23-26,30-33H,3-10,12-13H2,1-2H3/t14-,16+,17-,18-,19+,20+,21-,23-,24+,25-,26-,27+,28+/m0/s1. The minimum Gasteiger partial charge on any atom is -0.458 e. The predicted octanol–water partition coefficient (Wildman–Crippen LogP) is 2.07. The summed E-state index contributed by atoms with van der Waals surface area (Å²) in [6, 6.07) is 0. The van der Waals surface area contributed by atoms with Crippen LogP contribution in [0.2, 0.25) is 0 Å². The third kappa shape index (κ3) is 3.82. The lowest BCUT2D eigenvalue weighted by Crippen LogP contribution is -2.61. The molecule has 1 saturated heterocycles. The summed E-state index contributed by atoms with van der Waals surface area (Å²) in [5.41, 5.74) is 0.650. The summed E-state index contributed by atoms with van der Waals surface area (Å²) >= 11 is 0. The molecule has 0 unspecified atom stereocenters. The maximum Gasteiger partial charge on any atom is 0.331 e. The number of aliphatic hydroxyl groups excluding tert-OH is 3. The summed E-state index contributed by atoms with van der Waals surface area (Å²) in [4.78, 5) is 11.7. The van der Waals surface area contributed by atoms with Crippen LogP contribution in [0.4, 0.5) is 0 Å². The average molecular weight is 507 g/mol. The van der Waals surface area contributed by atoms with Crippen molar-refractivity contribution in [2.45, 2.75) is 114 Å². The molecule has 0 aromatic heterocycles. The third-order valence-electron chi connectivity index (χ3n) is 11.3. The number of fused-ring (bicyclic) bond motifs is 5. The van der Waals surface area contributed by atoms with Crippen LogP contribution in [0.3, 0.4) is 0 Å². The highest BCUT2D eigenvalue weighted by Crippen LogP contribution is 2.66. The Hall–Kier alpha value is -1.03. The van der Waals surface area contributed by atoms with Crippen molar-refractivity contribution in [3.8, 4) is 0 Å². The lowest BCUT2D eigenvalue weighted by molar-refractivity contribution is -0.311. The molecule has 0 spiro atoms. The number of esters is 1. The van der Waals surface area contributed by atoms with Crippen LogP contribution in [0.25, 0.3) is 0 Å². The van der Waals surface area contributed by atoms with Crippen molar-refractivity contribution in [2.75, 3.05) is 6.61 Å². The van der Waals surface area contributed by atoms with E-state index >= 15 is 0 Å². The monoisotopic (exact) mass is 506 g/mol. The Labute approximate surface area is 213 Å². The Morgan fingerprint density at radius 2 is 1.78 bits per heavy atom. The molecular formula is C28H42O8. The van der Waals surface area contributed by atoms with E-state index in [1.807, 2.05) is 0 Å². The van der Waals surface area contributed by atoms with Crippen LogP contribution >= 0.6 is 0 Å². The molecule has 0 bridgehead atoms. The topological polar surface area (TPSA) is 126 Å². The molecule has 13 atom stereocenters. The van der Waals surface area contributed by atoms with Gasteiger partial charge in [-0.05, 0) is 105 Å². The molecule has 8 heteroatoms. The summed E-state index contributed by atoms with van der Waals surface area (Å²) < 4.78 is 17.0. The van der Waals surface area contributed by atoms with Gasteiger partial charge >= 0.3 is 5.97 Å². The molecule has 0 aromatic carbocycles. The number of aliphatic hydroxyl groups is 4. The molecule has 4 saturated carbocycles. The molecular weight excluding hydrogens is 464 g/mol. The van der Waals surface area contributed by atoms with Gasteiger partial charge in [-0.3, -0.25) is 0 Å². The minimum absolute atomic E-state index is 0.149. The van der Waals surface area contributed by atoms with E-state index in [-0.39, 0.29) is 29.3 Å². The SMILES string of the molecule is C[C@@H]1O[C@@H](O[C@H]2CC[C@@]3(O)[C@H](CC[C@H]4[C@H]5CC[C@H](C6=CC(=O)OC6)[C@@]5(C)CC[C@@H]43)C2)[C@@H](O)[C@H](O)[C@H]1O. The molecule has 2 aliphatic heterocycles. The molecule has 202 valence electrons. The van der Waals surface area contributed by atoms with Crippen molar-refractivity contribution in [3.05, 3.63) is 11.6 Å². The molecule has 4 N–H and O–H groups in total. The van der Waals surface area contributed by atoms with Crippen molar-refractivity contribution in [2.24, 2.45) is 35.0 Å². The lowest BCUT2D eigenvalue weighted by Gasteiger charge is -2.60. The Kier molecular flexibility index (Phi) is 6.33. The molecule has 0 aromatic rings. The number of cyclic esters (lactones) is 1. The number of hydrogen-bond donors (Lipinski definition) is 4. The smallest absolute Gasteiger partial charge is 0.331 e. The molecule has 36 heavy (non-hydrogen) atoms. The van der Waals surface area contributed by atoms with Crippen LogP contribution < -0.4 is 0 Å². The summed E-state index contributed by atoms with van der Waals surface area (Å²) in [5, 5.41) is 42.6. The molecule has 8 nitrogen and oxygen atoms in total. The van der Waals surface area contributed by atoms with E-state index in [0.29, 0.717) is 37.2 Å². The van der Waals surface area contributed by atoms with Gasteiger partial charge in [-0.15, -0.1) is 0 Å². The Balaban J connectivity index is 1.13. The number of carbonyl (C=O) groups is 1. The van der Waals surface area contributed by atoms with E-state index in [1.54, 1.807) is 13.0 Å². The first kappa shape index (κ1) is 25.3. The Morgan fingerprint density at radius 1 is 0.972 bits per heavy atom. The molecule has 0 amide bonds. The first-order valence-corrected chi connectivity index (χ1v) is 14.1. The Bertz CT molecular complexity index is 906. The normalized spacial score (nSPS) is 54.8. The van der Waals surface area contributed by atoms with Gasteiger partial charge in [0.05, 0.1) is 17.8 Å². The number of rotatable bonds is 3. The van der Waals surface area contributed by atoms with Crippen LogP contribution in [0.5, 0.6) is 0 Å². The van der Waals surface area contributed by atoms with Gasteiger partial charge in [0.15, 0.2) is 6.29 Å². The van der Waals surface area contributed by atoms with Crippen molar-refractivity contribution in [3.63, 3.8) is 0 Å². The zero-order valence-electron chi connectivity index (χ0n) is 21.4. The van der Waals surface area contributed by atoms with Gasteiger partial charge in [0, 0.05) is 6.08 Å². The van der Waals surface area contributed by atoms with Crippen LogP contribution in [0.15, 0.2) is 11.6 Å². The third-order valence-corrected chi connectivity index (χ3v) is 11.3. The highest BCUT2D eigenvalue weighted by Gasteiger charge is 2.62. The molecule has 2 heterocycles. The van der Waals surface area contributed by atoms with Crippen molar-refractivity contribution in [1.29, 1.82) is 0 Å². The van der Waals surface area contributed by atoms with Crippen LogP contribution in [0.1, 0.15) is 71.6 Å². The first-order valence-electron chi connectivity index (χ1n) is 14.1. The zero-order valence-corrected chi connectivity index (χ0v) is 21.4. The highest BCUT2D eigenvalue weighted by atomic mass is 16.7. The molecule has 4 aliphatic carbocycles. The van der Waals surface area contributed by atoms with Gasteiger partial charge in [0.25, 0.3) is 0 Å². The van der Waals surface area contributed by atoms with Gasteiger partial charge in [-0.2, -0.15) is 0 Å². The maximum atomic E-state index is 12.1. The lowest BCUT2D eigenvalue weighted by atomic mass is 9.48. The van der Waals surface area contributed by atoms with Crippen molar-refractivity contribution in [1.82, 2.24) is 0 Å². The fourth-order valence-electron chi connectivity index (χ4n) is 9.43. The van der Waals surface area contributed by atoms with E-state index < -0.39 is 36.3 Å². The fourth-order valence-corrected chi connectivity index (χ4v) is 9.43. The fraction of sp³-hybridized carbons (Fsp3) is 0.893. The van der Waals surface area contributed by atoms with Gasteiger partial charge in [0.2, 0.25) is 0 Å². The van der Waals surface area contributed by atoms with E-state index in [2.05, 4.69) is 6.92 Å². The number of hydrogen-bond acceptors (Lipinski definition) is 8. The molecule has 0 radical (unpaired) electrons. The second-order valence-corrected chi connectivity index (χ2v) is 12.9. The van der Waals surface area contributed by atoms with Crippen molar-refractivity contribution >= 4 is 5.97 Å². The summed E-state index contributed by atoms with van der Waals surface area (Å²) in [7, 11) is 0. The largest absolute Gasteiger partial charge is 0.458 e. The average Bonchev–Trinajstić information content (AvgIpc) is 3.43. The van der Waals surface area contributed by atoms with Crippen molar-refractivity contribution < 1.29 is 39.4 Å². The highest BCUT2D eigenvalue weighted by molar-refractivity contribution is 5.85. The summed E-state index contributed by atoms with van der Waals surface area (Å²) in [6.45, 7) is 4.52.